The number of nitrogens with one attached hydrogen (secondary N) is 1. The van der Waals surface area contributed by atoms with Gasteiger partial charge >= 0.3 is 0 Å². The van der Waals surface area contributed by atoms with Crippen molar-refractivity contribution in [1.82, 2.24) is 15.1 Å². The van der Waals surface area contributed by atoms with Crippen LogP contribution < -0.4 is 10.2 Å². The third-order valence-corrected chi connectivity index (χ3v) is 6.07. The van der Waals surface area contributed by atoms with E-state index in [1.165, 1.54) is 11.3 Å². The van der Waals surface area contributed by atoms with Crippen LogP contribution in [0, 0.1) is 0 Å². The number of guanidine groups is 1. The molecule has 3 heterocycles. The number of benzene rings is 1. The molecular formula is C22H33N5O3. The Kier molecular flexibility index (Phi) is 7.07. The van der Waals surface area contributed by atoms with Crippen molar-refractivity contribution in [3.05, 3.63) is 29.8 Å². The minimum atomic E-state index is -0.227. The van der Waals surface area contributed by atoms with Crippen LogP contribution in [-0.4, -0.2) is 93.9 Å². The molecule has 0 aromatic heterocycles. The summed E-state index contributed by atoms with van der Waals surface area (Å²) in [7, 11) is 1.81. The van der Waals surface area contributed by atoms with Crippen LogP contribution in [0.1, 0.15) is 18.4 Å². The highest BCUT2D eigenvalue weighted by Gasteiger charge is 2.30. The summed E-state index contributed by atoms with van der Waals surface area (Å²) in [6.07, 6.45) is 1.61. The predicted octanol–water partition coefficient (Wildman–Crippen LogP) is 0.922. The minimum absolute atomic E-state index is 0.149. The molecule has 3 saturated heterocycles. The van der Waals surface area contributed by atoms with Gasteiger partial charge in [-0.3, -0.25) is 9.79 Å². The van der Waals surface area contributed by atoms with E-state index in [1.54, 1.807) is 0 Å². The number of ether oxygens (including phenoxy) is 2. The smallest absolute Gasteiger partial charge is 0.251 e. The number of piperazine rings is 1. The summed E-state index contributed by atoms with van der Waals surface area (Å²) < 4.78 is 11.0. The Bertz CT molecular complexity index is 719. The lowest BCUT2D eigenvalue weighted by atomic mass is 10.2. The summed E-state index contributed by atoms with van der Waals surface area (Å²) in [5.74, 6) is 1.03. The Balaban J connectivity index is 1.24. The van der Waals surface area contributed by atoms with Gasteiger partial charge < -0.3 is 29.5 Å². The number of hydrogen-bond donors (Lipinski definition) is 1. The van der Waals surface area contributed by atoms with Gasteiger partial charge in [0.25, 0.3) is 5.91 Å². The molecule has 1 aromatic rings. The maximum atomic E-state index is 12.5. The zero-order valence-corrected chi connectivity index (χ0v) is 17.9. The summed E-state index contributed by atoms with van der Waals surface area (Å²) in [5, 5.41) is 3.47. The van der Waals surface area contributed by atoms with Gasteiger partial charge in [-0.1, -0.05) is 12.1 Å². The fraction of sp³-hybridized carbons (Fsp3) is 0.636. The first-order valence-electron chi connectivity index (χ1n) is 11.0. The highest BCUT2D eigenvalue weighted by Crippen LogP contribution is 2.17. The average Bonchev–Trinajstić information content (AvgIpc) is 3.35. The molecule has 3 fully saturated rings. The molecule has 1 amide bonds. The molecule has 0 spiro atoms. The van der Waals surface area contributed by atoms with Crippen molar-refractivity contribution < 1.29 is 14.3 Å². The molecule has 1 aromatic carbocycles. The molecular weight excluding hydrogens is 382 g/mol. The van der Waals surface area contributed by atoms with Crippen molar-refractivity contribution in [1.29, 1.82) is 0 Å². The van der Waals surface area contributed by atoms with E-state index in [9.17, 15) is 4.79 Å². The fourth-order valence-corrected chi connectivity index (χ4v) is 4.27. The lowest BCUT2D eigenvalue weighted by molar-refractivity contribution is -0.142. The van der Waals surface area contributed by atoms with Crippen LogP contribution in [-0.2, 0) is 20.8 Å². The zero-order valence-electron chi connectivity index (χ0n) is 17.9. The van der Waals surface area contributed by atoms with Gasteiger partial charge in [0, 0.05) is 65.2 Å². The van der Waals surface area contributed by atoms with Gasteiger partial charge in [0.2, 0.25) is 0 Å². The number of carbonyl (C=O) groups is 1. The second-order valence-corrected chi connectivity index (χ2v) is 7.98. The quantitative estimate of drug-likeness (QED) is 0.583. The van der Waals surface area contributed by atoms with Crippen molar-refractivity contribution in [3.63, 3.8) is 0 Å². The van der Waals surface area contributed by atoms with E-state index < -0.39 is 0 Å². The van der Waals surface area contributed by atoms with Crippen molar-refractivity contribution in [3.8, 4) is 0 Å². The second kappa shape index (κ2) is 10.1. The second-order valence-electron chi connectivity index (χ2n) is 7.98. The van der Waals surface area contributed by atoms with Crippen molar-refractivity contribution in [2.45, 2.75) is 25.5 Å². The van der Waals surface area contributed by atoms with Crippen LogP contribution in [0.15, 0.2) is 29.3 Å². The molecule has 30 heavy (non-hydrogen) atoms. The number of aliphatic imine (C=N–C) groups is 1. The normalized spacial score (nSPS) is 23.0. The predicted molar refractivity (Wildman–Crippen MR) is 117 cm³/mol. The highest BCUT2D eigenvalue weighted by atomic mass is 16.5. The van der Waals surface area contributed by atoms with Crippen molar-refractivity contribution >= 4 is 17.6 Å². The molecule has 1 N–H and O–H groups in total. The SMILES string of the molecule is CN=C(NCc1ccc(N2CCOCC2)cc1)N1CCN(C(=O)C2CCCO2)CC1. The molecule has 164 valence electrons. The number of morpholine rings is 1. The van der Waals surface area contributed by atoms with Gasteiger partial charge in [-0.05, 0) is 30.5 Å². The maximum absolute atomic E-state index is 12.5. The summed E-state index contributed by atoms with van der Waals surface area (Å²) >= 11 is 0. The first kappa shape index (κ1) is 20.9. The Morgan fingerprint density at radius 2 is 1.73 bits per heavy atom. The lowest BCUT2D eigenvalue weighted by Gasteiger charge is -2.37. The summed E-state index contributed by atoms with van der Waals surface area (Å²) in [4.78, 5) is 23.5. The van der Waals surface area contributed by atoms with E-state index >= 15 is 0 Å². The Labute approximate surface area is 178 Å². The minimum Gasteiger partial charge on any atom is -0.378 e. The number of carbonyl (C=O) groups excluding carboxylic acids is 1. The van der Waals surface area contributed by atoms with Crippen molar-refractivity contribution in [2.75, 3.05) is 71.0 Å². The zero-order chi connectivity index (χ0) is 20.8. The summed E-state index contributed by atoms with van der Waals surface area (Å²) in [6.45, 7) is 7.94. The van der Waals surface area contributed by atoms with Gasteiger partial charge in [-0.25, -0.2) is 0 Å². The van der Waals surface area contributed by atoms with E-state index in [2.05, 4.69) is 44.4 Å². The standard InChI is InChI=1S/C22H33N5O3/c1-23-22(27-10-8-26(9-11-27)21(28)20-3-2-14-30-20)24-17-18-4-6-19(7-5-18)25-12-15-29-16-13-25/h4-7,20H,2-3,8-17H2,1H3,(H,23,24). The molecule has 0 aliphatic carbocycles. The third-order valence-electron chi connectivity index (χ3n) is 6.07. The van der Waals surface area contributed by atoms with E-state index in [-0.39, 0.29) is 12.0 Å². The number of anilines is 1. The molecule has 8 heteroatoms. The van der Waals surface area contributed by atoms with Gasteiger partial charge in [0.05, 0.1) is 13.2 Å². The monoisotopic (exact) mass is 415 g/mol. The lowest BCUT2D eigenvalue weighted by Crippen LogP contribution is -2.55. The number of rotatable bonds is 4. The van der Waals surface area contributed by atoms with Crippen LogP contribution in [0.3, 0.4) is 0 Å². The van der Waals surface area contributed by atoms with E-state index in [0.29, 0.717) is 19.7 Å². The molecule has 0 saturated carbocycles. The number of hydrogen-bond acceptors (Lipinski definition) is 5. The van der Waals surface area contributed by atoms with Crippen LogP contribution >= 0.6 is 0 Å². The van der Waals surface area contributed by atoms with Gasteiger partial charge in [0.1, 0.15) is 6.10 Å². The van der Waals surface area contributed by atoms with Gasteiger partial charge in [-0.15, -0.1) is 0 Å². The van der Waals surface area contributed by atoms with E-state index in [0.717, 1.165) is 64.7 Å². The molecule has 8 nitrogen and oxygen atoms in total. The molecule has 1 unspecified atom stereocenters. The van der Waals surface area contributed by atoms with Crippen LogP contribution in [0.5, 0.6) is 0 Å². The first-order valence-corrected chi connectivity index (χ1v) is 11.0. The molecule has 0 radical (unpaired) electrons. The van der Waals surface area contributed by atoms with Crippen molar-refractivity contribution in [2.24, 2.45) is 4.99 Å². The van der Waals surface area contributed by atoms with E-state index in [4.69, 9.17) is 9.47 Å². The largest absolute Gasteiger partial charge is 0.378 e. The topological polar surface area (TPSA) is 69.6 Å². The Morgan fingerprint density at radius 1 is 1.03 bits per heavy atom. The summed E-state index contributed by atoms with van der Waals surface area (Å²) in [6, 6.07) is 8.70. The Morgan fingerprint density at radius 3 is 2.37 bits per heavy atom. The Hall–Kier alpha value is -2.32. The molecule has 4 rings (SSSR count). The van der Waals surface area contributed by atoms with E-state index in [1.807, 2.05) is 11.9 Å². The number of amides is 1. The molecule has 3 aliphatic heterocycles. The summed E-state index contributed by atoms with van der Waals surface area (Å²) in [5.41, 5.74) is 2.47. The molecule has 0 bridgehead atoms. The van der Waals surface area contributed by atoms with Gasteiger partial charge in [-0.2, -0.15) is 0 Å². The average molecular weight is 416 g/mol. The third kappa shape index (κ3) is 5.05. The van der Waals surface area contributed by atoms with Gasteiger partial charge in [0.15, 0.2) is 5.96 Å². The molecule has 3 aliphatic rings. The first-order chi connectivity index (χ1) is 14.7. The van der Waals surface area contributed by atoms with Crippen LogP contribution in [0.25, 0.3) is 0 Å². The maximum Gasteiger partial charge on any atom is 0.251 e. The van der Waals surface area contributed by atoms with Crippen LogP contribution in [0.4, 0.5) is 5.69 Å². The fourth-order valence-electron chi connectivity index (χ4n) is 4.27. The van der Waals surface area contributed by atoms with Crippen LogP contribution in [0.2, 0.25) is 0 Å². The number of nitrogens with zero attached hydrogens (tertiary/aromatic N) is 4. The molecule has 1 atom stereocenters. The highest BCUT2D eigenvalue weighted by molar-refractivity contribution is 5.82.